The van der Waals surface area contributed by atoms with Crippen LogP contribution < -0.4 is 4.90 Å². The Balaban J connectivity index is 1.78. The van der Waals surface area contributed by atoms with Crippen LogP contribution in [0.2, 0.25) is 5.15 Å². The molecule has 0 spiro atoms. The van der Waals surface area contributed by atoms with E-state index in [2.05, 4.69) is 28.8 Å². The van der Waals surface area contributed by atoms with Gasteiger partial charge in [0.15, 0.2) is 0 Å². The summed E-state index contributed by atoms with van der Waals surface area (Å²) < 4.78 is 0. The van der Waals surface area contributed by atoms with Crippen molar-refractivity contribution in [1.29, 1.82) is 0 Å². The average Bonchev–Trinajstić information content (AvgIpc) is 3.22. The number of halogens is 1. The van der Waals surface area contributed by atoms with E-state index >= 15 is 0 Å². The van der Waals surface area contributed by atoms with Gasteiger partial charge in [0, 0.05) is 31.1 Å². The molecule has 1 unspecified atom stereocenters. The first-order valence-corrected chi connectivity index (χ1v) is 8.47. The lowest BCUT2D eigenvalue weighted by molar-refractivity contribution is 0.270. The second-order valence-electron chi connectivity index (χ2n) is 6.40. The highest BCUT2D eigenvalue weighted by atomic mass is 35.5. The van der Waals surface area contributed by atoms with Crippen LogP contribution in [0.4, 0.5) is 5.82 Å². The van der Waals surface area contributed by atoms with Crippen LogP contribution in [0.1, 0.15) is 49.9 Å². The smallest absolute Gasteiger partial charge is 0.137 e. The van der Waals surface area contributed by atoms with Crippen LogP contribution in [0.5, 0.6) is 0 Å². The number of likely N-dealkylation sites (tertiary alicyclic amines) is 1. The number of likely N-dealkylation sites (N-methyl/N-ethyl adjacent to an activating group) is 2. The minimum absolute atomic E-state index is 0.536. The standard InChI is InChI=1S/C16H25ClN4/c1-4-21-9-5-6-13(21)10-20(3)16-11(2)14(17)18-15(19-16)12-7-8-12/h12-13H,4-10H2,1-3H3. The summed E-state index contributed by atoms with van der Waals surface area (Å²) in [7, 11) is 2.13. The summed E-state index contributed by atoms with van der Waals surface area (Å²) in [5.74, 6) is 2.49. The molecule has 0 aromatic carbocycles. The Hall–Kier alpha value is -0.870. The Morgan fingerprint density at radius 3 is 2.71 bits per heavy atom. The predicted octanol–water partition coefficient (Wildman–Crippen LogP) is 3.24. The minimum Gasteiger partial charge on any atom is -0.358 e. The maximum atomic E-state index is 6.32. The number of hydrogen-bond acceptors (Lipinski definition) is 4. The number of anilines is 1. The first kappa shape index (κ1) is 15.0. The quantitative estimate of drug-likeness (QED) is 0.782. The van der Waals surface area contributed by atoms with Gasteiger partial charge in [0.1, 0.15) is 16.8 Å². The summed E-state index contributed by atoms with van der Waals surface area (Å²) in [5.41, 5.74) is 1.00. The molecule has 2 aliphatic rings. The predicted molar refractivity (Wildman–Crippen MR) is 87.3 cm³/mol. The Kier molecular flexibility index (Phi) is 4.36. The molecule has 2 fully saturated rings. The van der Waals surface area contributed by atoms with E-state index in [-0.39, 0.29) is 0 Å². The van der Waals surface area contributed by atoms with Gasteiger partial charge in [-0.05, 0) is 45.7 Å². The second-order valence-corrected chi connectivity index (χ2v) is 6.76. The summed E-state index contributed by atoms with van der Waals surface area (Å²) >= 11 is 6.32. The van der Waals surface area contributed by atoms with Crippen LogP contribution in [0, 0.1) is 6.92 Å². The molecule has 4 nitrogen and oxygen atoms in total. The van der Waals surface area contributed by atoms with Gasteiger partial charge in [0.05, 0.1) is 0 Å². The van der Waals surface area contributed by atoms with Crippen molar-refractivity contribution in [3.63, 3.8) is 0 Å². The molecule has 1 atom stereocenters. The van der Waals surface area contributed by atoms with E-state index in [0.29, 0.717) is 17.1 Å². The van der Waals surface area contributed by atoms with Crippen molar-refractivity contribution in [3.05, 3.63) is 16.5 Å². The van der Waals surface area contributed by atoms with Gasteiger partial charge in [-0.1, -0.05) is 18.5 Å². The molecule has 0 N–H and O–H groups in total. The van der Waals surface area contributed by atoms with Gasteiger partial charge in [-0.25, -0.2) is 9.97 Å². The third kappa shape index (κ3) is 3.16. The van der Waals surface area contributed by atoms with Gasteiger partial charge >= 0.3 is 0 Å². The Morgan fingerprint density at radius 1 is 1.29 bits per heavy atom. The lowest BCUT2D eigenvalue weighted by Crippen LogP contribution is -2.39. The molecule has 1 aliphatic heterocycles. The lowest BCUT2D eigenvalue weighted by Gasteiger charge is -2.29. The van der Waals surface area contributed by atoms with Crippen LogP contribution in [0.25, 0.3) is 0 Å². The van der Waals surface area contributed by atoms with Crippen molar-refractivity contribution in [1.82, 2.24) is 14.9 Å². The monoisotopic (exact) mass is 308 g/mol. The molecule has 21 heavy (non-hydrogen) atoms. The van der Waals surface area contributed by atoms with Gasteiger partial charge in [-0.2, -0.15) is 0 Å². The minimum atomic E-state index is 0.536. The maximum Gasteiger partial charge on any atom is 0.137 e. The van der Waals surface area contributed by atoms with E-state index in [4.69, 9.17) is 16.6 Å². The number of hydrogen-bond donors (Lipinski definition) is 0. The topological polar surface area (TPSA) is 32.3 Å². The molecule has 1 aliphatic carbocycles. The summed E-state index contributed by atoms with van der Waals surface area (Å²) in [6.45, 7) is 7.65. The fourth-order valence-electron chi connectivity index (χ4n) is 3.31. The van der Waals surface area contributed by atoms with Gasteiger partial charge in [-0.3, -0.25) is 4.90 Å². The molecular weight excluding hydrogens is 284 g/mol. The highest BCUT2D eigenvalue weighted by molar-refractivity contribution is 6.30. The highest BCUT2D eigenvalue weighted by Crippen LogP contribution is 2.39. The van der Waals surface area contributed by atoms with Gasteiger partial charge in [0.25, 0.3) is 0 Å². The molecule has 1 saturated carbocycles. The first-order chi connectivity index (χ1) is 10.1. The van der Waals surface area contributed by atoms with Crippen molar-refractivity contribution >= 4 is 17.4 Å². The van der Waals surface area contributed by atoms with E-state index in [0.717, 1.165) is 30.3 Å². The van der Waals surface area contributed by atoms with Gasteiger partial charge < -0.3 is 4.90 Å². The van der Waals surface area contributed by atoms with Crippen molar-refractivity contribution in [3.8, 4) is 0 Å². The molecule has 0 bridgehead atoms. The summed E-state index contributed by atoms with van der Waals surface area (Å²) in [6, 6.07) is 0.637. The van der Waals surface area contributed by atoms with Crippen molar-refractivity contribution in [2.24, 2.45) is 0 Å². The molecular formula is C16H25ClN4. The van der Waals surface area contributed by atoms with Gasteiger partial charge in [-0.15, -0.1) is 0 Å². The van der Waals surface area contributed by atoms with Crippen molar-refractivity contribution < 1.29 is 0 Å². The van der Waals surface area contributed by atoms with Crippen LogP contribution in [-0.4, -0.2) is 47.6 Å². The van der Waals surface area contributed by atoms with Crippen LogP contribution in [-0.2, 0) is 0 Å². The molecule has 0 amide bonds. The Morgan fingerprint density at radius 2 is 2.05 bits per heavy atom. The van der Waals surface area contributed by atoms with Crippen LogP contribution in [0.3, 0.4) is 0 Å². The lowest BCUT2D eigenvalue weighted by atomic mass is 10.2. The van der Waals surface area contributed by atoms with E-state index in [1.54, 1.807) is 0 Å². The second kappa shape index (κ2) is 6.09. The average molecular weight is 309 g/mol. The number of rotatable bonds is 5. The molecule has 1 aromatic heterocycles. The first-order valence-electron chi connectivity index (χ1n) is 8.09. The highest BCUT2D eigenvalue weighted by Gasteiger charge is 2.29. The molecule has 2 heterocycles. The zero-order valence-electron chi connectivity index (χ0n) is 13.3. The third-order valence-electron chi connectivity index (χ3n) is 4.77. The molecule has 1 aromatic rings. The Bertz CT molecular complexity index is 515. The normalized spacial score (nSPS) is 22.8. The molecule has 3 rings (SSSR count). The van der Waals surface area contributed by atoms with Gasteiger partial charge in [0.2, 0.25) is 0 Å². The summed E-state index contributed by atoms with van der Waals surface area (Å²) in [4.78, 5) is 14.1. The van der Waals surface area contributed by atoms with E-state index in [9.17, 15) is 0 Å². The molecule has 116 valence electrons. The van der Waals surface area contributed by atoms with E-state index < -0.39 is 0 Å². The molecule has 0 radical (unpaired) electrons. The molecule has 5 heteroatoms. The fourth-order valence-corrected chi connectivity index (χ4v) is 3.48. The van der Waals surface area contributed by atoms with Crippen molar-refractivity contribution in [2.45, 2.75) is 51.5 Å². The number of aromatic nitrogens is 2. The van der Waals surface area contributed by atoms with Crippen LogP contribution in [0.15, 0.2) is 0 Å². The van der Waals surface area contributed by atoms with E-state index in [1.807, 2.05) is 6.92 Å². The Labute approximate surface area is 132 Å². The summed E-state index contributed by atoms with van der Waals surface area (Å²) in [6.07, 6.45) is 5.00. The van der Waals surface area contributed by atoms with E-state index in [1.165, 1.54) is 32.2 Å². The third-order valence-corrected chi connectivity index (χ3v) is 5.14. The SMILES string of the molecule is CCN1CCCC1CN(C)c1nc(C2CC2)nc(Cl)c1C. The molecule has 1 saturated heterocycles. The number of nitrogens with zero attached hydrogens (tertiary/aromatic N) is 4. The largest absolute Gasteiger partial charge is 0.358 e. The maximum absolute atomic E-state index is 6.32. The summed E-state index contributed by atoms with van der Waals surface area (Å²) in [5, 5.41) is 0.618. The zero-order valence-corrected chi connectivity index (χ0v) is 14.0. The fraction of sp³-hybridized carbons (Fsp3) is 0.750. The van der Waals surface area contributed by atoms with Crippen LogP contribution >= 0.6 is 11.6 Å². The zero-order chi connectivity index (χ0) is 15.0. The van der Waals surface area contributed by atoms with Crippen molar-refractivity contribution in [2.75, 3.05) is 31.6 Å².